The van der Waals surface area contributed by atoms with Crippen LogP contribution in [-0.2, 0) is 11.2 Å². The largest absolute Gasteiger partial charge is 0.493 e. The lowest BCUT2D eigenvalue weighted by Gasteiger charge is -2.14. The van der Waals surface area contributed by atoms with Crippen molar-refractivity contribution in [2.75, 3.05) is 26.6 Å². The molecule has 2 aromatic carbocycles. The number of hydrogen-bond acceptors (Lipinski definition) is 7. The topological polar surface area (TPSA) is 100 Å². The van der Waals surface area contributed by atoms with E-state index in [1.54, 1.807) is 19.1 Å². The van der Waals surface area contributed by atoms with Gasteiger partial charge < -0.3 is 19.5 Å². The van der Waals surface area contributed by atoms with Gasteiger partial charge in [-0.15, -0.1) is 5.10 Å². The predicted molar refractivity (Wildman–Crippen MR) is 102 cm³/mol. The zero-order valence-corrected chi connectivity index (χ0v) is 16.4. The summed E-state index contributed by atoms with van der Waals surface area (Å²) < 4.78 is 31.5. The molecular weight excluding hydrogens is 381 g/mol. The van der Waals surface area contributed by atoms with Gasteiger partial charge in [0.25, 0.3) is 0 Å². The number of carbonyl (C=O) groups is 1. The van der Waals surface area contributed by atoms with Crippen LogP contribution in [0.25, 0.3) is 5.69 Å². The molecule has 0 saturated carbocycles. The molecule has 0 radical (unpaired) electrons. The monoisotopic (exact) mass is 401 g/mol. The number of aryl methyl sites for hydroxylation is 1. The van der Waals surface area contributed by atoms with Gasteiger partial charge in [-0.2, -0.15) is 4.68 Å². The van der Waals surface area contributed by atoms with Crippen molar-refractivity contribution in [1.29, 1.82) is 0 Å². The van der Waals surface area contributed by atoms with E-state index in [1.165, 1.54) is 44.2 Å². The molecule has 0 unspecified atom stereocenters. The van der Waals surface area contributed by atoms with Crippen LogP contribution >= 0.6 is 0 Å². The van der Waals surface area contributed by atoms with E-state index >= 15 is 0 Å². The summed E-state index contributed by atoms with van der Waals surface area (Å²) in [5, 5.41) is 13.8. The van der Waals surface area contributed by atoms with Gasteiger partial charge in [0, 0.05) is 0 Å². The van der Waals surface area contributed by atoms with E-state index in [9.17, 15) is 9.18 Å². The first-order chi connectivity index (χ1) is 14.0. The van der Waals surface area contributed by atoms with Gasteiger partial charge in [-0.1, -0.05) is 0 Å². The highest BCUT2D eigenvalue weighted by Crippen LogP contribution is 2.38. The lowest BCUT2D eigenvalue weighted by molar-refractivity contribution is -0.115. The minimum absolute atomic E-state index is 0.0230. The van der Waals surface area contributed by atoms with Crippen molar-refractivity contribution in [3.63, 3.8) is 0 Å². The fourth-order valence-corrected chi connectivity index (χ4v) is 2.83. The molecule has 0 saturated heterocycles. The van der Waals surface area contributed by atoms with Gasteiger partial charge in [-0.05, 0) is 53.2 Å². The zero-order chi connectivity index (χ0) is 21.0. The zero-order valence-electron chi connectivity index (χ0n) is 16.4. The molecule has 0 aliphatic heterocycles. The number of ether oxygens (including phenoxy) is 3. The Bertz CT molecular complexity index is 1010. The smallest absolute Gasteiger partial charge is 0.228 e. The molecule has 0 atom stereocenters. The van der Waals surface area contributed by atoms with Crippen molar-refractivity contribution >= 4 is 11.6 Å². The number of methoxy groups -OCH3 is 3. The standard InChI is InChI=1S/C19H20FN5O4/c1-11-22-23-24-25(11)13-5-6-14(20)15(10-13)21-18(26)9-12-7-16(27-2)19(29-4)17(8-12)28-3/h5-8,10H,9H2,1-4H3,(H,21,26). The highest BCUT2D eigenvalue weighted by Gasteiger charge is 2.16. The molecule has 3 rings (SSSR count). The Balaban J connectivity index is 1.82. The third-order valence-corrected chi connectivity index (χ3v) is 4.18. The Morgan fingerprint density at radius 1 is 1.10 bits per heavy atom. The van der Waals surface area contributed by atoms with Crippen LogP contribution < -0.4 is 19.5 Å². The van der Waals surface area contributed by atoms with Gasteiger partial charge in [0.1, 0.15) is 5.82 Å². The minimum atomic E-state index is -0.572. The summed E-state index contributed by atoms with van der Waals surface area (Å²) in [6.07, 6.45) is -0.0235. The molecular formula is C19H20FN5O4. The van der Waals surface area contributed by atoms with E-state index < -0.39 is 11.7 Å². The molecule has 3 aromatic rings. The first-order valence-electron chi connectivity index (χ1n) is 8.60. The summed E-state index contributed by atoms with van der Waals surface area (Å²) in [5.41, 5.74) is 1.16. The summed E-state index contributed by atoms with van der Waals surface area (Å²) >= 11 is 0. The summed E-state index contributed by atoms with van der Waals surface area (Å²) in [4.78, 5) is 12.5. The lowest BCUT2D eigenvalue weighted by Crippen LogP contribution is -2.16. The van der Waals surface area contributed by atoms with Crippen LogP contribution in [0.1, 0.15) is 11.4 Å². The first-order valence-corrected chi connectivity index (χ1v) is 8.60. The third-order valence-electron chi connectivity index (χ3n) is 4.18. The quantitative estimate of drug-likeness (QED) is 0.648. The Kier molecular flexibility index (Phi) is 5.91. The number of amides is 1. The van der Waals surface area contributed by atoms with Crippen molar-refractivity contribution in [3.8, 4) is 22.9 Å². The maximum Gasteiger partial charge on any atom is 0.228 e. The number of tetrazole rings is 1. The Labute approximate surface area is 166 Å². The van der Waals surface area contributed by atoms with E-state index in [-0.39, 0.29) is 12.1 Å². The number of anilines is 1. The molecule has 1 heterocycles. The van der Waals surface area contributed by atoms with Crippen molar-refractivity contribution < 1.29 is 23.4 Å². The fraction of sp³-hybridized carbons (Fsp3) is 0.263. The maximum absolute atomic E-state index is 14.2. The first kappa shape index (κ1) is 20.1. The van der Waals surface area contributed by atoms with E-state index in [1.807, 2.05) is 0 Å². The molecule has 0 spiro atoms. The van der Waals surface area contributed by atoms with Gasteiger partial charge >= 0.3 is 0 Å². The molecule has 9 nitrogen and oxygen atoms in total. The van der Waals surface area contributed by atoms with E-state index in [2.05, 4.69) is 20.8 Å². The van der Waals surface area contributed by atoms with Crippen molar-refractivity contribution in [2.24, 2.45) is 0 Å². The molecule has 152 valence electrons. The lowest BCUT2D eigenvalue weighted by atomic mass is 10.1. The molecule has 1 amide bonds. The molecule has 0 fully saturated rings. The highest BCUT2D eigenvalue weighted by atomic mass is 19.1. The van der Waals surface area contributed by atoms with Crippen LogP contribution in [0.2, 0.25) is 0 Å². The fourth-order valence-electron chi connectivity index (χ4n) is 2.83. The number of halogens is 1. The number of hydrogen-bond donors (Lipinski definition) is 1. The summed E-state index contributed by atoms with van der Waals surface area (Å²) in [5.74, 6) is 0.830. The van der Waals surface area contributed by atoms with Gasteiger partial charge in [0.2, 0.25) is 11.7 Å². The van der Waals surface area contributed by atoms with E-state index in [0.29, 0.717) is 34.3 Å². The van der Waals surface area contributed by atoms with Crippen LogP contribution in [0.15, 0.2) is 30.3 Å². The Morgan fingerprint density at radius 2 is 1.79 bits per heavy atom. The molecule has 0 aliphatic rings. The average molecular weight is 401 g/mol. The Hall–Kier alpha value is -3.69. The number of nitrogens with one attached hydrogen (secondary N) is 1. The third kappa shape index (κ3) is 4.26. The Morgan fingerprint density at radius 3 is 2.34 bits per heavy atom. The number of rotatable bonds is 7. The highest BCUT2D eigenvalue weighted by molar-refractivity contribution is 5.92. The van der Waals surface area contributed by atoms with Gasteiger partial charge in [-0.3, -0.25) is 4.79 Å². The van der Waals surface area contributed by atoms with Crippen molar-refractivity contribution in [1.82, 2.24) is 20.2 Å². The van der Waals surface area contributed by atoms with Crippen molar-refractivity contribution in [3.05, 3.63) is 47.5 Å². The second-order valence-corrected chi connectivity index (χ2v) is 6.06. The summed E-state index contributed by atoms with van der Waals surface area (Å²) in [6.45, 7) is 1.71. The van der Waals surface area contributed by atoms with E-state index in [4.69, 9.17) is 14.2 Å². The number of carbonyl (C=O) groups excluding carboxylic acids is 1. The SMILES string of the molecule is COc1cc(CC(=O)Nc2cc(-n3nnnc3C)ccc2F)cc(OC)c1OC. The molecule has 1 N–H and O–H groups in total. The molecule has 10 heteroatoms. The summed E-state index contributed by atoms with van der Waals surface area (Å²) in [7, 11) is 4.47. The number of nitrogens with zero attached hydrogens (tertiary/aromatic N) is 4. The van der Waals surface area contributed by atoms with Gasteiger partial charge in [0.05, 0.1) is 39.1 Å². The van der Waals surface area contributed by atoms with Crippen LogP contribution in [0.3, 0.4) is 0 Å². The van der Waals surface area contributed by atoms with Gasteiger partial charge in [-0.25, -0.2) is 4.39 Å². The van der Waals surface area contributed by atoms with Gasteiger partial charge in [0.15, 0.2) is 17.3 Å². The van der Waals surface area contributed by atoms with Crippen LogP contribution in [0, 0.1) is 12.7 Å². The average Bonchev–Trinajstić information content (AvgIpc) is 3.14. The summed E-state index contributed by atoms with van der Waals surface area (Å²) in [6, 6.07) is 7.56. The van der Waals surface area contributed by atoms with Crippen LogP contribution in [-0.4, -0.2) is 47.4 Å². The number of benzene rings is 2. The van der Waals surface area contributed by atoms with E-state index in [0.717, 1.165) is 0 Å². The molecule has 0 aliphatic carbocycles. The van der Waals surface area contributed by atoms with Crippen LogP contribution in [0.5, 0.6) is 17.2 Å². The van der Waals surface area contributed by atoms with Crippen molar-refractivity contribution in [2.45, 2.75) is 13.3 Å². The molecule has 1 aromatic heterocycles. The molecule has 29 heavy (non-hydrogen) atoms. The second kappa shape index (κ2) is 8.55. The molecule has 0 bridgehead atoms. The second-order valence-electron chi connectivity index (χ2n) is 6.06. The maximum atomic E-state index is 14.2. The van der Waals surface area contributed by atoms with Crippen LogP contribution in [0.4, 0.5) is 10.1 Å². The predicted octanol–water partition coefficient (Wildman–Crippen LogP) is 2.32. The number of aromatic nitrogens is 4. The minimum Gasteiger partial charge on any atom is -0.493 e. The normalized spacial score (nSPS) is 10.5.